The maximum atomic E-state index is 13.5. The van der Waals surface area contributed by atoms with Crippen LogP contribution in [0.4, 0.5) is 21.5 Å². The van der Waals surface area contributed by atoms with E-state index in [1.807, 2.05) is 0 Å². The van der Waals surface area contributed by atoms with Gasteiger partial charge in [0.15, 0.2) is 6.10 Å². The Kier molecular flexibility index (Phi) is 5.21. The Morgan fingerprint density at radius 2 is 1.71 bits per heavy atom. The fourth-order valence-corrected chi connectivity index (χ4v) is 4.39. The van der Waals surface area contributed by atoms with Gasteiger partial charge in [-0.15, -0.1) is 0 Å². The fraction of sp³-hybridized carbons (Fsp3) is 0.167. The number of benzene rings is 3. The summed E-state index contributed by atoms with van der Waals surface area (Å²) in [4.78, 5) is 44.6. The van der Waals surface area contributed by atoms with Gasteiger partial charge < -0.3 is 4.74 Å². The summed E-state index contributed by atoms with van der Waals surface area (Å²) in [7, 11) is 1.51. The van der Waals surface area contributed by atoms with E-state index < -0.39 is 40.6 Å². The van der Waals surface area contributed by atoms with Crippen molar-refractivity contribution in [3.8, 4) is 5.75 Å². The van der Waals surface area contributed by atoms with Crippen LogP contribution in [-0.4, -0.2) is 30.0 Å². The van der Waals surface area contributed by atoms with Crippen molar-refractivity contribution in [1.29, 1.82) is 0 Å². The Morgan fingerprint density at radius 3 is 2.41 bits per heavy atom. The van der Waals surface area contributed by atoms with Crippen LogP contribution < -0.4 is 14.7 Å². The molecule has 5 rings (SSSR count). The number of hydrogen-bond acceptors (Lipinski definition) is 7. The first-order chi connectivity index (χ1) is 16.4. The Hall–Kier alpha value is -4.31. The van der Waals surface area contributed by atoms with E-state index in [1.54, 1.807) is 30.3 Å². The number of nitrogens with zero attached hydrogens (tertiary/aromatic N) is 3. The summed E-state index contributed by atoms with van der Waals surface area (Å²) in [6, 6.07) is 17.0. The molecule has 2 saturated heterocycles. The third-order valence-corrected chi connectivity index (χ3v) is 5.93. The second-order valence-corrected chi connectivity index (χ2v) is 7.86. The molecule has 2 aliphatic heterocycles. The van der Waals surface area contributed by atoms with Gasteiger partial charge >= 0.3 is 0 Å². The van der Waals surface area contributed by atoms with Crippen molar-refractivity contribution in [2.75, 3.05) is 17.1 Å². The van der Waals surface area contributed by atoms with Crippen LogP contribution in [0.1, 0.15) is 11.6 Å². The maximum Gasteiger partial charge on any atom is 0.271 e. The predicted octanol–water partition coefficient (Wildman–Crippen LogP) is 3.79. The summed E-state index contributed by atoms with van der Waals surface area (Å²) >= 11 is 0. The highest BCUT2D eigenvalue weighted by molar-refractivity contribution is 6.23. The molecule has 0 radical (unpaired) electrons. The SMILES string of the molecule is COc1cccc([C@@H]2[C@@H]3C(=O)N(c4ccc(F)cc4)C(=O)[C@H]3ON2c2cccc([N+](=O)[O-])c2)c1. The van der Waals surface area contributed by atoms with Crippen molar-refractivity contribution in [3.63, 3.8) is 0 Å². The number of hydroxylamine groups is 1. The zero-order chi connectivity index (χ0) is 24.0. The average Bonchev–Trinajstić information content (AvgIpc) is 3.36. The number of carbonyl (C=O) groups excluding carboxylic acids is 2. The second-order valence-electron chi connectivity index (χ2n) is 7.86. The number of halogens is 1. The van der Waals surface area contributed by atoms with Crippen LogP contribution in [0, 0.1) is 21.8 Å². The number of methoxy groups -OCH3 is 1. The molecule has 2 amide bonds. The molecular formula is C24H18FN3O6. The maximum absolute atomic E-state index is 13.5. The number of nitro groups is 1. The molecule has 0 aliphatic carbocycles. The summed E-state index contributed by atoms with van der Waals surface area (Å²) in [6.45, 7) is 0. The highest BCUT2D eigenvalue weighted by Gasteiger charge is 2.60. The number of nitro benzene ring substituents is 1. The van der Waals surface area contributed by atoms with Crippen molar-refractivity contribution in [2.24, 2.45) is 5.92 Å². The minimum Gasteiger partial charge on any atom is -0.497 e. The lowest BCUT2D eigenvalue weighted by atomic mass is 9.90. The summed E-state index contributed by atoms with van der Waals surface area (Å²) in [6.07, 6.45) is -1.16. The molecule has 172 valence electrons. The van der Waals surface area contributed by atoms with Crippen molar-refractivity contribution < 1.29 is 28.5 Å². The number of ether oxygens (including phenoxy) is 1. The van der Waals surface area contributed by atoms with Gasteiger partial charge in [-0.05, 0) is 48.0 Å². The monoisotopic (exact) mass is 463 g/mol. The van der Waals surface area contributed by atoms with Gasteiger partial charge in [-0.3, -0.25) is 24.5 Å². The van der Waals surface area contributed by atoms with Crippen LogP contribution in [0.3, 0.4) is 0 Å². The molecule has 0 bridgehead atoms. The van der Waals surface area contributed by atoms with E-state index in [2.05, 4.69) is 0 Å². The number of anilines is 2. The molecule has 3 atom stereocenters. The zero-order valence-electron chi connectivity index (χ0n) is 17.8. The summed E-state index contributed by atoms with van der Waals surface area (Å²) < 4.78 is 18.7. The molecular weight excluding hydrogens is 445 g/mol. The molecule has 2 fully saturated rings. The molecule has 0 saturated carbocycles. The minimum atomic E-state index is -1.16. The highest BCUT2D eigenvalue weighted by Crippen LogP contribution is 2.48. The van der Waals surface area contributed by atoms with Crippen LogP contribution >= 0.6 is 0 Å². The first kappa shape index (κ1) is 21.5. The highest BCUT2D eigenvalue weighted by atomic mass is 19.1. The number of hydrogen-bond donors (Lipinski definition) is 0. The van der Waals surface area contributed by atoms with Crippen LogP contribution in [0.5, 0.6) is 5.75 Å². The lowest BCUT2D eigenvalue weighted by Crippen LogP contribution is -2.37. The van der Waals surface area contributed by atoms with Crippen molar-refractivity contribution in [2.45, 2.75) is 12.1 Å². The topological polar surface area (TPSA) is 102 Å². The summed E-state index contributed by atoms with van der Waals surface area (Å²) in [5.74, 6) is -2.01. The van der Waals surface area contributed by atoms with Crippen LogP contribution in [0.25, 0.3) is 0 Å². The first-order valence-electron chi connectivity index (χ1n) is 10.4. The average molecular weight is 463 g/mol. The first-order valence-corrected chi connectivity index (χ1v) is 10.4. The summed E-state index contributed by atoms with van der Waals surface area (Å²) in [5.41, 5.74) is 1.03. The molecule has 0 aromatic heterocycles. The molecule has 10 heteroatoms. The number of imide groups is 1. The molecule has 34 heavy (non-hydrogen) atoms. The lowest BCUT2D eigenvalue weighted by Gasteiger charge is -2.28. The van der Waals surface area contributed by atoms with E-state index in [0.29, 0.717) is 17.0 Å². The molecule has 0 unspecified atom stereocenters. The Morgan fingerprint density at radius 1 is 0.971 bits per heavy atom. The quantitative estimate of drug-likeness (QED) is 0.322. The number of rotatable bonds is 5. The molecule has 3 aromatic rings. The van der Waals surface area contributed by atoms with Gasteiger partial charge in [0, 0.05) is 12.1 Å². The predicted molar refractivity (Wildman–Crippen MR) is 119 cm³/mol. The molecule has 9 nitrogen and oxygen atoms in total. The fourth-order valence-electron chi connectivity index (χ4n) is 4.39. The van der Waals surface area contributed by atoms with Crippen LogP contribution in [-0.2, 0) is 14.4 Å². The van der Waals surface area contributed by atoms with Gasteiger partial charge in [0.2, 0.25) is 5.91 Å². The van der Waals surface area contributed by atoms with E-state index in [0.717, 1.165) is 4.90 Å². The Labute approximate surface area is 193 Å². The van der Waals surface area contributed by atoms with Crippen LogP contribution in [0.15, 0.2) is 72.8 Å². The molecule has 2 heterocycles. The minimum absolute atomic E-state index is 0.159. The van der Waals surface area contributed by atoms with Gasteiger partial charge in [0.25, 0.3) is 11.6 Å². The summed E-state index contributed by atoms with van der Waals surface area (Å²) in [5, 5.41) is 12.7. The second kappa shape index (κ2) is 8.23. The Balaban J connectivity index is 1.60. The van der Waals surface area contributed by atoms with E-state index in [9.17, 15) is 24.1 Å². The van der Waals surface area contributed by atoms with Crippen molar-refractivity contribution in [1.82, 2.24) is 0 Å². The largest absolute Gasteiger partial charge is 0.497 e. The number of non-ortho nitro benzene ring substituents is 1. The standard InChI is InChI=1S/C24H18FN3O6/c1-33-19-7-2-4-14(12-19)21-20-22(34-27(21)17-5-3-6-18(13-17)28(31)32)24(30)26(23(20)29)16-10-8-15(25)9-11-16/h2-13,20-22H,1H3/t20-,21+,22-/m0/s1. The van der Waals surface area contributed by atoms with E-state index >= 15 is 0 Å². The van der Waals surface area contributed by atoms with E-state index in [4.69, 9.17) is 9.57 Å². The Bertz CT molecular complexity index is 1300. The van der Waals surface area contributed by atoms with Gasteiger partial charge in [-0.2, -0.15) is 0 Å². The molecule has 2 aliphatic rings. The number of fused-ring (bicyclic) bond motifs is 1. The van der Waals surface area contributed by atoms with Crippen molar-refractivity contribution >= 4 is 28.9 Å². The number of amides is 2. The lowest BCUT2D eigenvalue weighted by molar-refractivity contribution is -0.384. The third kappa shape index (κ3) is 3.44. The molecule has 0 N–H and O–H groups in total. The van der Waals surface area contributed by atoms with Crippen molar-refractivity contribution in [3.05, 3.63) is 94.3 Å². The smallest absolute Gasteiger partial charge is 0.271 e. The van der Waals surface area contributed by atoms with Crippen LogP contribution in [0.2, 0.25) is 0 Å². The van der Waals surface area contributed by atoms with Gasteiger partial charge in [0.05, 0.1) is 29.4 Å². The number of carbonyl (C=O) groups is 2. The third-order valence-electron chi connectivity index (χ3n) is 5.93. The molecule has 3 aromatic carbocycles. The van der Waals surface area contributed by atoms with Gasteiger partial charge in [-0.1, -0.05) is 18.2 Å². The van der Waals surface area contributed by atoms with Gasteiger partial charge in [-0.25, -0.2) is 14.4 Å². The normalized spacial score (nSPS) is 21.6. The van der Waals surface area contributed by atoms with E-state index in [1.165, 1.54) is 54.6 Å². The zero-order valence-corrected chi connectivity index (χ0v) is 17.8. The van der Waals surface area contributed by atoms with Gasteiger partial charge in [0.1, 0.15) is 17.5 Å². The molecule has 0 spiro atoms. The van der Waals surface area contributed by atoms with E-state index in [-0.39, 0.29) is 11.4 Å².